The third-order valence-electron chi connectivity index (χ3n) is 3.37. The van der Waals surface area contributed by atoms with Gasteiger partial charge in [0.15, 0.2) is 5.54 Å². The van der Waals surface area contributed by atoms with E-state index in [1.165, 1.54) is 24.0 Å². The third kappa shape index (κ3) is 2.54. The molecule has 0 spiro atoms. The van der Waals surface area contributed by atoms with Gasteiger partial charge in [0, 0.05) is 13.5 Å². The van der Waals surface area contributed by atoms with Crippen molar-refractivity contribution in [1.82, 2.24) is 4.90 Å². The van der Waals surface area contributed by atoms with Crippen molar-refractivity contribution in [3.8, 4) is 5.75 Å². The molecule has 0 fully saturated rings. The normalized spacial score (nSPS) is 13.6. The average Bonchev–Trinajstić information content (AvgIpc) is 2.36. The molecule has 0 saturated heterocycles. The highest BCUT2D eigenvalue weighted by Gasteiger charge is 2.45. The van der Waals surface area contributed by atoms with Gasteiger partial charge in [0.25, 0.3) is 0 Å². The molecule has 1 unspecified atom stereocenters. The smallest absolute Gasteiger partial charge is 0.334 e. The maximum absolute atomic E-state index is 11.8. The number of carbonyl (C=O) groups excluding carboxylic acids is 1. The molecule has 0 bridgehead atoms. The summed E-state index contributed by atoms with van der Waals surface area (Å²) in [4.78, 5) is 24.9. The highest BCUT2D eigenvalue weighted by molar-refractivity contribution is 5.87. The van der Waals surface area contributed by atoms with E-state index in [0.29, 0.717) is 12.1 Å². The Bertz CT molecular complexity index is 469. The van der Waals surface area contributed by atoms with Crippen LogP contribution in [0.3, 0.4) is 0 Å². The lowest BCUT2D eigenvalue weighted by Crippen LogP contribution is -2.53. The molecular formula is C14H19NO4. The molecule has 0 aliphatic carbocycles. The van der Waals surface area contributed by atoms with Crippen LogP contribution in [0, 0.1) is 0 Å². The molecule has 0 aliphatic rings. The Kier molecular flexibility index (Phi) is 4.53. The first kappa shape index (κ1) is 15.0. The summed E-state index contributed by atoms with van der Waals surface area (Å²) >= 11 is 0. The van der Waals surface area contributed by atoms with E-state index in [1.54, 1.807) is 26.0 Å². The summed E-state index contributed by atoms with van der Waals surface area (Å²) in [6.45, 7) is 5.13. The Morgan fingerprint density at radius 2 is 1.74 bits per heavy atom. The second-order valence-electron chi connectivity index (χ2n) is 4.33. The van der Waals surface area contributed by atoms with E-state index in [1.807, 2.05) is 0 Å². The minimum Gasteiger partial charge on any atom is -0.508 e. The van der Waals surface area contributed by atoms with Gasteiger partial charge in [-0.3, -0.25) is 4.79 Å². The van der Waals surface area contributed by atoms with Gasteiger partial charge in [-0.25, -0.2) is 4.79 Å². The summed E-state index contributed by atoms with van der Waals surface area (Å²) in [5.74, 6) is -1.30. The lowest BCUT2D eigenvalue weighted by atomic mass is 9.85. The summed E-state index contributed by atoms with van der Waals surface area (Å²) in [5.41, 5.74) is -0.911. The Morgan fingerprint density at radius 3 is 2.05 bits per heavy atom. The Balaban J connectivity index is 3.46. The van der Waals surface area contributed by atoms with Crippen molar-refractivity contribution in [3.63, 3.8) is 0 Å². The minimum atomic E-state index is -1.39. The molecule has 0 aliphatic heterocycles. The van der Waals surface area contributed by atoms with E-state index in [2.05, 4.69) is 0 Å². The molecule has 0 heterocycles. The van der Waals surface area contributed by atoms with Gasteiger partial charge in [-0.1, -0.05) is 19.1 Å². The summed E-state index contributed by atoms with van der Waals surface area (Å²) in [6.07, 6.45) is 0.251. The molecule has 5 heteroatoms. The largest absolute Gasteiger partial charge is 0.508 e. The molecule has 0 radical (unpaired) electrons. The standard InChI is InChI=1S/C14H19NO4/c1-4-14(13(18)19,15(5-2)10(3)16)11-6-8-12(17)9-7-11/h6-9,17H,4-5H2,1-3H3,(H,18,19). The van der Waals surface area contributed by atoms with Crippen LogP contribution in [0.5, 0.6) is 5.75 Å². The Hall–Kier alpha value is -2.04. The minimum absolute atomic E-state index is 0.0602. The lowest BCUT2D eigenvalue weighted by molar-refractivity contribution is -0.159. The number of hydrogen-bond donors (Lipinski definition) is 2. The SMILES string of the molecule is CCN(C(C)=O)C(CC)(C(=O)O)c1ccc(O)cc1. The van der Waals surface area contributed by atoms with Crippen LogP contribution in [0.25, 0.3) is 0 Å². The maximum atomic E-state index is 11.8. The molecule has 19 heavy (non-hydrogen) atoms. The van der Waals surface area contributed by atoms with E-state index < -0.39 is 11.5 Å². The fraction of sp³-hybridized carbons (Fsp3) is 0.429. The van der Waals surface area contributed by atoms with E-state index >= 15 is 0 Å². The second-order valence-corrected chi connectivity index (χ2v) is 4.33. The molecule has 1 amide bonds. The van der Waals surface area contributed by atoms with E-state index in [0.717, 1.165) is 0 Å². The van der Waals surface area contributed by atoms with Crippen LogP contribution in [0.15, 0.2) is 24.3 Å². The number of benzene rings is 1. The van der Waals surface area contributed by atoms with Gasteiger partial charge in [-0.05, 0) is 31.0 Å². The van der Waals surface area contributed by atoms with Crippen molar-refractivity contribution in [2.75, 3.05) is 6.54 Å². The molecule has 0 saturated carbocycles. The zero-order valence-electron chi connectivity index (χ0n) is 11.4. The fourth-order valence-electron chi connectivity index (χ4n) is 2.44. The molecule has 2 N–H and O–H groups in total. The number of phenols is 1. The second kappa shape index (κ2) is 5.73. The number of carboxylic acids is 1. The topological polar surface area (TPSA) is 77.8 Å². The zero-order valence-corrected chi connectivity index (χ0v) is 11.4. The number of carboxylic acid groups (broad SMARTS) is 1. The number of rotatable bonds is 5. The van der Waals surface area contributed by atoms with Crippen LogP contribution in [0.2, 0.25) is 0 Å². The first-order valence-corrected chi connectivity index (χ1v) is 6.21. The number of amides is 1. The van der Waals surface area contributed by atoms with Crippen LogP contribution < -0.4 is 0 Å². The van der Waals surface area contributed by atoms with Crippen molar-refractivity contribution in [1.29, 1.82) is 0 Å². The van der Waals surface area contributed by atoms with Gasteiger partial charge >= 0.3 is 5.97 Å². The number of aromatic hydroxyl groups is 1. The van der Waals surface area contributed by atoms with Crippen molar-refractivity contribution in [2.24, 2.45) is 0 Å². The number of phenolic OH excluding ortho intramolecular Hbond substituents is 1. The predicted molar refractivity (Wildman–Crippen MR) is 70.8 cm³/mol. The monoisotopic (exact) mass is 265 g/mol. The number of carbonyl (C=O) groups is 2. The highest BCUT2D eigenvalue weighted by atomic mass is 16.4. The predicted octanol–water partition coefficient (Wildman–Crippen LogP) is 1.95. The van der Waals surface area contributed by atoms with Gasteiger partial charge < -0.3 is 15.1 Å². The molecule has 1 rings (SSSR count). The molecule has 0 aromatic heterocycles. The van der Waals surface area contributed by atoms with Gasteiger partial charge in [0.05, 0.1) is 0 Å². The van der Waals surface area contributed by atoms with Crippen molar-refractivity contribution < 1.29 is 19.8 Å². The Morgan fingerprint density at radius 1 is 1.21 bits per heavy atom. The molecule has 5 nitrogen and oxygen atoms in total. The Labute approximate surface area is 112 Å². The van der Waals surface area contributed by atoms with E-state index in [9.17, 15) is 19.8 Å². The van der Waals surface area contributed by atoms with Crippen LogP contribution in [-0.4, -0.2) is 33.5 Å². The van der Waals surface area contributed by atoms with E-state index in [-0.39, 0.29) is 18.1 Å². The van der Waals surface area contributed by atoms with Crippen LogP contribution in [0.1, 0.15) is 32.8 Å². The van der Waals surface area contributed by atoms with Crippen molar-refractivity contribution in [2.45, 2.75) is 32.7 Å². The number of hydrogen-bond acceptors (Lipinski definition) is 3. The number of nitrogens with zero attached hydrogens (tertiary/aromatic N) is 1. The molecule has 1 atom stereocenters. The van der Waals surface area contributed by atoms with Crippen LogP contribution in [0.4, 0.5) is 0 Å². The average molecular weight is 265 g/mol. The van der Waals surface area contributed by atoms with Gasteiger partial charge in [0.1, 0.15) is 5.75 Å². The van der Waals surface area contributed by atoms with Gasteiger partial charge in [0.2, 0.25) is 5.91 Å². The third-order valence-corrected chi connectivity index (χ3v) is 3.37. The molecule has 1 aromatic rings. The van der Waals surface area contributed by atoms with E-state index in [4.69, 9.17) is 0 Å². The molecule has 1 aromatic carbocycles. The van der Waals surface area contributed by atoms with Crippen LogP contribution >= 0.6 is 0 Å². The maximum Gasteiger partial charge on any atom is 0.334 e. The first-order chi connectivity index (χ1) is 8.90. The van der Waals surface area contributed by atoms with Crippen molar-refractivity contribution >= 4 is 11.9 Å². The first-order valence-electron chi connectivity index (χ1n) is 6.21. The number of likely N-dealkylation sites (N-methyl/N-ethyl adjacent to an activating group) is 1. The zero-order chi connectivity index (χ0) is 14.6. The summed E-state index contributed by atoms with van der Waals surface area (Å²) in [7, 11) is 0. The number of aliphatic carboxylic acids is 1. The fourth-order valence-corrected chi connectivity index (χ4v) is 2.44. The summed E-state index contributed by atoms with van der Waals surface area (Å²) in [6, 6.07) is 5.93. The quantitative estimate of drug-likeness (QED) is 0.853. The molecule has 104 valence electrons. The highest BCUT2D eigenvalue weighted by Crippen LogP contribution is 2.33. The molecular weight excluding hydrogens is 246 g/mol. The van der Waals surface area contributed by atoms with Crippen LogP contribution in [-0.2, 0) is 15.1 Å². The summed E-state index contributed by atoms with van der Waals surface area (Å²) < 4.78 is 0. The van der Waals surface area contributed by atoms with Crippen molar-refractivity contribution in [3.05, 3.63) is 29.8 Å². The lowest BCUT2D eigenvalue weighted by Gasteiger charge is -2.39. The van der Waals surface area contributed by atoms with Gasteiger partial charge in [-0.2, -0.15) is 0 Å². The van der Waals surface area contributed by atoms with Gasteiger partial charge in [-0.15, -0.1) is 0 Å². The summed E-state index contributed by atoms with van der Waals surface area (Å²) in [5, 5.41) is 19.0.